The molecule has 0 fully saturated rings. The normalized spacial score (nSPS) is 24.3. The minimum absolute atomic E-state index is 0.253. The molecule has 0 aromatic carbocycles. The lowest BCUT2D eigenvalue weighted by molar-refractivity contribution is -0.114. The molecule has 0 aromatic heterocycles. The number of fused-ring (bicyclic) bond motifs is 2. The van der Waals surface area contributed by atoms with Crippen molar-refractivity contribution < 1.29 is 9.53 Å². The standard InChI is InChI=1S/C17H14O2/c18-16-9-12-7-8-19-10-15(12)14-6-2-4-11-3-1-5-13(11)17(14)16/h1-2,4-5,7-8H,3,6,9-10H2. The maximum atomic E-state index is 12.5. The minimum Gasteiger partial charge on any atom is -0.496 e. The third-order valence-corrected chi connectivity index (χ3v) is 4.16. The van der Waals surface area contributed by atoms with Gasteiger partial charge in [-0.15, -0.1) is 0 Å². The first kappa shape index (κ1) is 10.8. The van der Waals surface area contributed by atoms with Crippen LogP contribution in [0.25, 0.3) is 0 Å². The molecule has 0 saturated carbocycles. The predicted octanol–water partition coefficient (Wildman–Crippen LogP) is 3.31. The fourth-order valence-electron chi connectivity index (χ4n) is 3.26. The summed E-state index contributed by atoms with van der Waals surface area (Å²) in [5.41, 5.74) is 6.87. The van der Waals surface area contributed by atoms with E-state index >= 15 is 0 Å². The van der Waals surface area contributed by atoms with E-state index in [9.17, 15) is 4.79 Å². The summed E-state index contributed by atoms with van der Waals surface area (Å²) in [6.07, 6.45) is 14.5. The van der Waals surface area contributed by atoms with Crippen LogP contribution in [0, 0.1) is 0 Å². The van der Waals surface area contributed by atoms with Crippen LogP contribution in [-0.2, 0) is 9.53 Å². The highest BCUT2D eigenvalue weighted by Gasteiger charge is 2.31. The molecule has 0 atom stereocenters. The second-order valence-corrected chi connectivity index (χ2v) is 5.22. The van der Waals surface area contributed by atoms with Crippen molar-refractivity contribution in [1.82, 2.24) is 0 Å². The highest BCUT2D eigenvalue weighted by atomic mass is 16.5. The van der Waals surface area contributed by atoms with Crippen molar-refractivity contribution in [2.45, 2.75) is 19.3 Å². The molecule has 1 aliphatic heterocycles. The Labute approximate surface area is 112 Å². The van der Waals surface area contributed by atoms with E-state index in [1.165, 1.54) is 16.7 Å². The maximum absolute atomic E-state index is 12.5. The van der Waals surface area contributed by atoms with Gasteiger partial charge in [-0.3, -0.25) is 4.79 Å². The van der Waals surface area contributed by atoms with Crippen LogP contribution in [-0.4, -0.2) is 12.4 Å². The molecule has 0 spiro atoms. The number of allylic oxidation sites excluding steroid dienone is 9. The minimum atomic E-state index is 0.253. The monoisotopic (exact) mass is 250 g/mol. The van der Waals surface area contributed by atoms with Gasteiger partial charge in [0, 0.05) is 12.0 Å². The van der Waals surface area contributed by atoms with Crippen LogP contribution in [0.2, 0.25) is 0 Å². The van der Waals surface area contributed by atoms with Crippen LogP contribution in [0.5, 0.6) is 0 Å². The lowest BCUT2D eigenvalue weighted by Crippen LogP contribution is -2.19. The third kappa shape index (κ3) is 1.53. The van der Waals surface area contributed by atoms with Crippen molar-refractivity contribution in [1.29, 1.82) is 0 Å². The molecule has 4 rings (SSSR count). The van der Waals surface area contributed by atoms with Gasteiger partial charge in [0.2, 0.25) is 0 Å². The van der Waals surface area contributed by atoms with Gasteiger partial charge in [0.25, 0.3) is 0 Å². The predicted molar refractivity (Wildman–Crippen MR) is 73.3 cm³/mol. The number of rotatable bonds is 0. The van der Waals surface area contributed by atoms with Gasteiger partial charge in [-0.05, 0) is 46.8 Å². The van der Waals surface area contributed by atoms with Crippen LogP contribution >= 0.6 is 0 Å². The van der Waals surface area contributed by atoms with E-state index in [1.807, 2.05) is 6.08 Å². The molecule has 0 amide bonds. The number of ether oxygens (including phenoxy) is 1. The Morgan fingerprint density at radius 3 is 2.79 bits per heavy atom. The lowest BCUT2D eigenvalue weighted by atomic mass is 9.80. The average Bonchev–Trinajstić information content (AvgIpc) is 2.79. The molecule has 3 aliphatic carbocycles. The molecule has 0 aromatic rings. The van der Waals surface area contributed by atoms with E-state index in [2.05, 4.69) is 24.3 Å². The summed E-state index contributed by atoms with van der Waals surface area (Å²) in [6, 6.07) is 0. The third-order valence-electron chi connectivity index (χ3n) is 4.16. The fourth-order valence-corrected chi connectivity index (χ4v) is 3.26. The molecule has 1 heterocycles. The van der Waals surface area contributed by atoms with E-state index in [-0.39, 0.29) is 5.78 Å². The first-order chi connectivity index (χ1) is 9.34. The molecule has 0 unspecified atom stereocenters. The molecule has 0 radical (unpaired) electrons. The van der Waals surface area contributed by atoms with Crippen molar-refractivity contribution in [3.05, 3.63) is 70.1 Å². The number of Topliss-reactive ketones (excluding diaryl/α,β-unsaturated/α-hetero) is 1. The van der Waals surface area contributed by atoms with Crippen LogP contribution in [0.15, 0.2) is 70.1 Å². The molecule has 2 nitrogen and oxygen atoms in total. The van der Waals surface area contributed by atoms with Gasteiger partial charge in [0.05, 0.1) is 6.26 Å². The summed E-state index contributed by atoms with van der Waals surface area (Å²) in [5.74, 6) is 0.253. The summed E-state index contributed by atoms with van der Waals surface area (Å²) in [5, 5.41) is 0. The second kappa shape index (κ2) is 3.95. The van der Waals surface area contributed by atoms with Gasteiger partial charge in [0.15, 0.2) is 5.78 Å². The zero-order valence-corrected chi connectivity index (χ0v) is 10.6. The van der Waals surface area contributed by atoms with E-state index in [0.29, 0.717) is 13.0 Å². The molecule has 0 N–H and O–H groups in total. The Morgan fingerprint density at radius 1 is 0.947 bits per heavy atom. The summed E-state index contributed by atoms with van der Waals surface area (Å²) in [7, 11) is 0. The molecule has 4 aliphatic rings. The highest BCUT2D eigenvalue weighted by molar-refractivity contribution is 6.06. The number of hydrogen-bond donors (Lipinski definition) is 0. The van der Waals surface area contributed by atoms with E-state index in [0.717, 1.165) is 29.6 Å². The molecular formula is C17H14O2. The number of carbonyl (C=O) groups excluding carboxylic acids is 1. The molecule has 2 heteroatoms. The largest absolute Gasteiger partial charge is 0.496 e. The summed E-state index contributed by atoms with van der Waals surface area (Å²) in [6.45, 7) is 0.595. The Morgan fingerprint density at radius 2 is 1.84 bits per heavy atom. The Hall–Kier alpha value is -2.09. The SMILES string of the molecule is O=C1CC2=C(COC=C2)C2=C1C1=C(C=CC2)CC=C1. The van der Waals surface area contributed by atoms with Crippen LogP contribution in [0.3, 0.4) is 0 Å². The van der Waals surface area contributed by atoms with Gasteiger partial charge >= 0.3 is 0 Å². The topological polar surface area (TPSA) is 26.3 Å². The fraction of sp³-hybridized carbons (Fsp3) is 0.235. The van der Waals surface area contributed by atoms with Crippen LogP contribution in [0.4, 0.5) is 0 Å². The van der Waals surface area contributed by atoms with Gasteiger partial charge in [-0.1, -0.05) is 24.3 Å². The van der Waals surface area contributed by atoms with Crippen molar-refractivity contribution in [3.8, 4) is 0 Å². The summed E-state index contributed by atoms with van der Waals surface area (Å²) < 4.78 is 5.43. The van der Waals surface area contributed by atoms with Crippen molar-refractivity contribution in [3.63, 3.8) is 0 Å². The van der Waals surface area contributed by atoms with E-state index in [4.69, 9.17) is 4.74 Å². The van der Waals surface area contributed by atoms with Crippen LogP contribution in [0.1, 0.15) is 19.3 Å². The quantitative estimate of drug-likeness (QED) is 0.659. The first-order valence-electron chi connectivity index (χ1n) is 6.68. The second-order valence-electron chi connectivity index (χ2n) is 5.22. The van der Waals surface area contributed by atoms with E-state index < -0.39 is 0 Å². The Bertz CT molecular complexity index is 663. The zero-order valence-electron chi connectivity index (χ0n) is 10.6. The Balaban J connectivity index is 1.96. The van der Waals surface area contributed by atoms with Gasteiger partial charge < -0.3 is 4.74 Å². The van der Waals surface area contributed by atoms with Crippen LogP contribution < -0.4 is 0 Å². The summed E-state index contributed by atoms with van der Waals surface area (Å²) in [4.78, 5) is 12.5. The Kier molecular flexibility index (Phi) is 2.25. The van der Waals surface area contributed by atoms with Crippen molar-refractivity contribution in [2.75, 3.05) is 6.61 Å². The number of ketones is 1. The van der Waals surface area contributed by atoms with Crippen molar-refractivity contribution >= 4 is 5.78 Å². The molecule has 94 valence electrons. The van der Waals surface area contributed by atoms with Gasteiger partial charge in [0.1, 0.15) is 6.61 Å². The number of carbonyl (C=O) groups is 1. The van der Waals surface area contributed by atoms with Crippen molar-refractivity contribution in [2.24, 2.45) is 0 Å². The van der Waals surface area contributed by atoms with Gasteiger partial charge in [-0.2, -0.15) is 0 Å². The van der Waals surface area contributed by atoms with Gasteiger partial charge in [-0.25, -0.2) is 0 Å². The smallest absolute Gasteiger partial charge is 0.168 e. The molecule has 19 heavy (non-hydrogen) atoms. The molecule has 0 saturated heterocycles. The average molecular weight is 250 g/mol. The first-order valence-corrected chi connectivity index (χ1v) is 6.68. The highest BCUT2D eigenvalue weighted by Crippen LogP contribution is 2.41. The van der Waals surface area contributed by atoms with E-state index in [1.54, 1.807) is 6.26 Å². The maximum Gasteiger partial charge on any atom is 0.168 e. The zero-order chi connectivity index (χ0) is 12.8. The number of hydrogen-bond acceptors (Lipinski definition) is 2. The molecule has 0 bridgehead atoms. The lowest BCUT2D eigenvalue weighted by Gasteiger charge is -2.26. The summed E-state index contributed by atoms with van der Waals surface area (Å²) >= 11 is 0. The molecular weight excluding hydrogens is 236 g/mol.